The minimum Gasteiger partial charge on any atom is -0.481 e. The van der Waals surface area contributed by atoms with Gasteiger partial charge in [0.2, 0.25) is 11.8 Å². The van der Waals surface area contributed by atoms with Gasteiger partial charge in [-0.1, -0.05) is 23.2 Å². The Balaban J connectivity index is 1.65. The Labute approximate surface area is 172 Å². The van der Waals surface area contributed by atoms with Crippen molar-refractivity contribution in [2.45, 2.75) is 24.5 Å². The van der Waals surface area contributed by atoms with E-state index in [1.807, 2.05) is 0 Å². The first-order chi connectivity index (χ1) is 13.4. The van der Waals surface area contributed by atoms with Gasteiger partial charge in [0.1, 0.15) is 0 Å². The molecule has 1 aromatic heterocycles. The Morgan fingerprint density at radius 3 is 2.71 bits per heavy atom. The summed E-state index contributed by atoms with van der Waals surface area (Å²) in [4.78, 5) is 17.2. The van der Waals surface area contributed by atoms with Crippen LogP contribution >= 0.6 is 23.2 Å². The zero-order valence-corrected chi connectivity index (χ0v) is 16.6. The van der Waals surface area contributed by atoms with E-state index in [9.17, 15) is 15.0 Å². The van der Waals surface area contributed by atoms with E-state index in [2.05, 4.69) is 10.3 Å². The average molecular weight is 423 g/mol. The number of ether oxygens (including phenoxy) is 1. The van der Waals surface area contributed by atoms with E-state index in [1.165, 1.54) is 7.11 Å². The second-order valence-corrected chi connectivity index (χ2v) is 8.15. The summed E-state index contributed by atoms with van der Waals surface area (Å²) in [5.41, 5.74) is 1.31. The number of benzene rings is 1. The second-order valence-electron chi connectivity index (χ2n) is 7.34. The Hall–Kier alpha value is -1.86. The number of rotatable bonds is 4. The number of hydrogen-bond acceptors (Lipinski definition) is 5. The molecule has 2 aromatic rings. The van der Waals surface area contributed by atoms with Crippen LogP contribution in [0, 0.1) is 17.8 Å². The molecule has 0 bridgehead atoms. The minimum atomic E-state index is -0.870. The lowest BCUT2D eigenvalue weighted by Gasteiger charge is -2.34. The van der Waals surface area contributed by atoms with Crippen LogP contribution in [0.5, 0.6) is 5.88 Å². The number of hydrogen-bond donors (Lipinski definition) is 3. The van der Waals surface area contributed by atoms with Crippen LogP contribution in [0.15, 0.2) is 36.5 Å². The quantitative estimate of drug-likeness (QED) is 0.703. The van der Waals surface area contributed by atoms with Gasteiger partial charge in [-0.3, -0.25) is 4.79 Å². The fourth-order valence-corrected chi connectivity index (χ4v) is 4.67. The summed E-state index contributed by atoms with van der Waals surface area (Å²) in [5, 5.41) is 24.6. The molecule has 0 radical (unpaired) electrons. The van der Waals surface area contributed by atoms with Crippen LogP contribution in [-0.4, -0.2) is 40.4 Å². The number of anilines is 1. The Morgan fingerprint density at radius 2 is 2.00 bits per heavy atom. The van der Waals surface area contributed by atoms with E-state index in [0.29, 0.717) is 28.0 Å². The van der Waals surface area contributed by atoms with Crippen molar-refractivity contribution in [2.24, 2.45) is 17.8 Å². The third-order valence-corrected chi connectivity index (χ3v) is 6.50. The maximum absolute atomic E-state index is 13.1. The summed E-state index contributed by atoms with van der Waals surface area (Å²) in [6.07, 6.45) is 0.601. The fraction of sp³-hybridized carbons (Fsp3) is 0.400. The van der Waals surface area contributed by atoms with E-state index in [4.69, 9.17) is 27.9 Å². The number of carbonyl (C=O) groups is 1. The summed E-state index contributed by atoms with van der Waals surface area (Å²) >= 11 is 12.0. The van der Waals surface area contributed by atoms with Crippen molar-refractivity contribution >= 4 is 34.8 Å². The number of halogens is 2. The number of nitrogens with zero attached hydrogens (tertiary/aromatic N) is 1. The third kappa shape index (κ3) is 3.46. The molecule has 6 nitrogen and oxygen atoms in total. The molecule has 1 aromatic carbocycles. The molecule has 4 rings (SSSR count). The highest BCUT2D eigenvalue weighted by molar-refractivity contribution is 6.42. The van der Waals surface area contributed by atoms with Crippen molar-refractivity contribution in [3.05, 3.63) is 52.1 Å². The van der Waals surface area contributed by atoms with Crippen LogP contribution in [0.3, 0.4) is 0 Å². The minimum absolute atomic E-state index is 0.00631. The maximum atomic E-state index is 13.1. The first kappa shape index (κ1) is 19.5. The third-order valence-electron chi connectivity index (χ3n) is 5.76. The van der Waals surface area contributed by atoms with Gasteiger partial charge >= 0.3 is 0 Å². The molecule has 28 heavy (non-hydrogen) atoms. The Kier molecular flexibility index (Phi) is 5.22. The topological polar surface area (TPSA) is 91.7 Å². The zero-order valence-electron chi connectivity index (χ0n) is 15.0. The van der Waals surface area contributed by atoms with E-state index >= 15 is 0 Å². The van der Waals surface area contributed by atoms with Crippen molar-refractivity contribution < 1.29 is 19.7 Å². The molecule has 3 N–H and O–H groups in total. The lowest BCUT2D eigenvalue weighted by molar-refractivity contribution is -0.126. The molecule has 2 saturated carbocycles. The summed E-state index contributed by atoms with van der Waals surface area (Å²) in [6.45, 7) is 0. The smallest absolute Gasteiger partial charge is 0.230 e. The largest absolute Gasteiger partial charge is 0.481 e. The van der Waals surface area contributed by atoms with Crippen LogP contribution in [0.1, 0.15) is 17.9 Å². The van der Waals surface area contributed by atoms with E-state index in [1.54, 1.807) is 36.5 Å². The number of amides is 1. The summed E-state index contributed by atoms with van der Waals surface area (Å²) in [7, 11) is 1.52. The number of carbonyl (C=O) groups excluding carboxylic acids is 1. The van der Waals surface area contributed by atoms with Crippen molar-refractivity contribution in [2.75, 3.05) is 12.4 Å². The predicted octanol–water partition coefficient (Wildman–Crippen LogP) is 3.11. The van der Waals surface area contributed by atoms with Gasteiger partial charge in [-0.25, -0.2) is 4.98 Å². The van der Waals surface area contributed by atoms with Crippen molar-refractivity contribution in [3.63, 3.8) is 0 Å². The van der Waals surface area contributed by atoms with Gasteiger partial charge in [-0.2, -0.15) is 0 Å². The van der Waals surface area contributed by atoms with Crippen LogP contribution < -0.4 is 10.1 Å². The lowest BCUT2D eigenvalue weighted by Crippen LogP contribution is -2.41. The number of aliphatic hydroxyl groups excluding tert-OH is 2. The van der Waals surface area contributed by atoms with Crippen molar-refractivity contribution in [1.29, 1.82) is 0 Å². The van der Waals surface area contributed by atoms with Gasteiger partial charge in [-0.15, -0.1) is 0 Å². The Bertz CT molecular complexity index is 910. The molecule has 2 fully saturated rings. The highest BCUT2D eigenvalue weighted by Gasteiger charge is 2.62. The number of nitrogens with one attached hydrogen (secondary N) is 1. The van der Waals surface area contributed by atoms with E-state index in [-0.39, 0.29) is 23.7 Å². The predicted molar refractivity (Wildman–Crippen MR) is 106 cm³/mol. The van der Waals surface area contributed by atoms with Gasteiger partial charge in [-0.05, 0) is 48.1 Å². The standard InChI is InChI=1S/C20H20Cl2N2O4/c1-28-15-6-9(4-5-23-15)16-17-11(19(17)26)8-14(25)18(16)20(27)24-10-2-3-12(21)13(22)7-10/h2-7,11,14,16-19,25-26H,8H2,1H3,(H,24,27)/t11-,14+,16-,17-,18-,19+/m1/s1. The molecule has 1 amide bonds. The van der Waals surface area contributed by atoms with Crippen LogP contribution in [0.4, 0.5) is 5.69 Å². The molecular weight excluding hydrogens is 403 g/mol. The van der Waals surface area contributed by atoms with Crippen molar-refractivity contribution in [1.82, 2.24) is 4.98 Å². The van der Waals surface area contributed by atoms with Gasteiger partial charge in [0.05, 0.1) is 35.3 Å². The molecule has 0 saturated heterocycles. The molecule has 2 aliphatic rings. The molecule has 148 valence electrons. The molecule has 0 spiro atoms. The zero-order chi connectivity index (χ0) is 20.0. The van der Waals surface area contributed by atoms with E-state index < -0.39 is 18.1 Å². The number of aliphatic hydroxyl groups is 2. The highest BCUT2D eigenvalue weighted by Crippen LogP contribution is 2.59. The summed E-state index contributed by atoms with van der Waals surface area (Å²) in [5.74, 6) is -1.06. The normalized spacial score (nSPS) is 31.0. The van der Waals surface area contributed by atoms with Crippen molar-refractivity contribution in [3.8, 4) is 5.88 Å². The van der Waals surface area contributed by atoms with E-state index in [0.717, 1.165) is 5.56 Å². The molecular formula is C20H20Cl2N2O4. The first-order valence-corrected chi connectivity index (χ1v) is 9.78. The molecule has 0 unspecified atom stereocenters. The average Bonchev–Trinajstić information content (AvgIpc) is 3.32. The van der Waals surface area contributed by atoms with Gasteiger partial charge in [0.25, 0.3) is 0 Å². The van der Waals surface area contributed by atoms with Gasteiger partial charge in [0.15, 0.2) is 0 Å². The van der Waals surface area contributed by atoms with Crippen LogP contribution in [0.25, 0.3) is 0 Å². The maximum Gasteiger partial charge on any atom is 0.230 e. The summed E-state index contributed by atoms with van der Waals surface area (Å²) in [6, 6.07) is 8.37. The van der Waals surface area contributed by atoms with Crippen LogP contribution in [0.2, 0.25) is 10.0 Å². The van der Waals surface area contributed by atoms with Gasteiger partial charge in [0, 0.05) is 23.9 Å². The van der Waals surface area contributed by atoms with Crippen LogP contribution in [-0.2, 0) is 4.79 Å². The Morgan fingerprint density at radius 1 is 1.21 bits per heavy atom. The highest BCUT2D eigenvalue weighted by atomic mass is 35.5. The number of pyridine rings is 1. The molecule has 2 aliphatic carbocycles. The number of aromatic nitrogens is 1. The fourth-order valence-electron chi connectivity index (χ4n) is 4.37. The first-order valence-electron chi connectivity index (χ1n) is 9.02. The SMILES string of the molecule is COc1cc([C@H]2[C@H](C(=O)Nc3ccc(Cl)c(Cl)c3)[C@@H](O)C[C@H]3[C@H](O)[C@H]32)ccn1. The molecule has 6 atom stereocenters. The molecule has 1 heterocycles. The molecule has 0 aliphatic heterocycles. The molecule has 8 heteroatoms. The number of fused-ring (bicyclic) bond motifs is 1. The van der Waals surface area contributed by atoms with Gasteiger partial charge < -0.3 is 20.3 Å². The second kappa shape index (κ2) is 7.52. The monoisotopic (exact) mass is 422 g/mol. The summed E-state index contributed by atoms with van der Waals surface area (Å²) < 4.78 is 5.20. The number of methoxy groups -OCH3 is 1. The lowest BCUT2D eigenvalue weighted by atomic mass is 9.73.